The van der Waals surface area contributed by atoms with Crippen molar-refractivity contribution in [1.29, 1.82) is 0 Å². The Bertz CT molecular complexity index is 380. The molecule has 1 rings (SSSR count). The van der Waals surface area contributed by atoms with E-state index in [-0.39, 0.29) is 4.90 Å². The van der Waals surface area contributed by atoms with Crippen molar-refractivity contribution < 1.29 is 8.42 Å². The van der Waals surface area contributed by atoms with Gasteiger partial charge in [-0.05, 0) is 5.92 Å². The van der Waals surface area contributed by atoms with Gasteiger partial charge in [0.05, 0.1) is 6.20 Å². The Hall–Kier alpha value is -0.880. The van der Waals surface area contributed by atoms with Gasteiger partial charge in [0.25, 0.3) is 0 Å². The number of hydrogen-bond acceptors (Lipinski definition) is 3. The van der Waals surface area contributed by atoms with Crippen LogP contribution in [0.1, 0.15) is 13.8 Å². The average Bonchev–Trinajstić information content (AvgIpc) is 2.32. The lowest BCUT2D eigenvalue weighted by atomic mass is 10.2. The minimum Gasteiger partial charge on any atom is -0.271 e. The Kier molecular flexibility index (Phi) is 2.72. The molecule has 0 bridgehead atoms. The molecule has 0 aliphatic rings. The largest absolute Gasteiger partial charge is 0.271 e. The topological polar surface area (TPSA) is 78.0 Å². The predicted octanol–water partition coefficient (Wildman–Crippen LogP) is 0.187. The molecule has 0 fully saturated rings. The Labute approximate surface area is 77.6 Å². The van der Waals surface area contributed by atoms with E-state index in [2.05, 4.69) is 5.10 Å². The highest BCUT2D eigenvalue weighted by Gasteiger charge is 2.10. The van der Waals surface area contributed by atoms with Gasteiger partial charge in [0.15, 0.2) is 0 Å². The summed E-state index contributed by atoms with van der Waals surface area (Å²) in [7, 11) is -3.60. The number of hydrogen-bond donors (Lipinski definition) is 1. The fraction of sp³-hybridized carbons (Fsp3) is 0.571. The number of primary sulfonamides is 1. The second-order valence-electron chi connectivity index (χ2n) is 3.34. The normalized spacial score (nSPS) is 12.3. The van der Waals surface area contributed by atoms with Gasteiger partial charge in [0.2, 0.25) is 10.0 Å². The van der Waals surface area contributed by atoms with Gasteiger partial charge in [-0.2, -0.15) is 5.10 Å². The van der Waals surface area contributed by atoms with E-state index < -0.39 is 10.0 Å². The van der Waals surface area contributed by atoms with Crippen molar-refractivity contribution >= 4 is 10.0 Å². The molecule has 0 unspecified atom stereocenters. The van der Waals surface area contributed by atoms with E-state index in [1.54, 1.807) is 4.68 Å². The van der Waals surface area contributed by atoms with Gasteiger partial charge < -0.3 is 0 Å². The minimum absolute atomic E-state index is 0.0631. The van der Waals surface area contributed by atoms with E-state index in [0.29, 0.717) is 12.5 Å². The monoisotopic (exact) mass is 203 g/mol. The molecule has 74 valence electrons. The van der Waals surface area contributed by atoms with Crippen LogP contribution in [0.15, 0.2) is 17.3 Å². The minimum atomic E-state index is -3.60. The molecule has 0 atom stereocenters. The van der Waals surface area contributed by atoms with Crippen LogP contribution in [0.4, 0.5) is 0 Å². The first-order chi connectivity index (χ1) is 5.89. The molecule has 0 aromatic carbocycles. The van der Waals surface area contributed by atoms with Crippen LogP contribution in [0.3, 0.4) is 0 Å². The molecule has 0 amide bonds. The molecule has 5 nitrogen and oxygen atoms in total. The average molecular weight is 203 g/mol. The fourth-order valence-electron chi connectivity index (χ4n) is 0.965. The second kappa shape index (κ2) is 3.47. The molecule has 6 heteroatoms. The lowest BCUT2D eigenvalue weighted by Crippen LogP contribution is -2.11. The van der Waals surface area contributed by atoms with Gasteiger partial charge in [-0.1, -0.05) is 13.8 Å². The SMILES string of the molecule is CC(C)Cn1cc(S(N)(=O)=O)cn1. The van der Waals surface area contributed by atoms with Crippen molar-refractivity contribution in [2.75, 3.05) is 0 Å². The highest BCUT2D eigenvalue weighted by molar-refractivity contribution is 7.89. The number of rotatable bonds is 3. The maximum absolute atomic E-state index is 10.9. The molecular weight excluding hydrogens is 190 g/mol. The van der Waals surface area contributed by atoms with Crippen LogP contribution in [-0.2, 0) is 16.6 Å². The Morgan fingerprint density at radius 2 is 2.23 bits per heavy atom. The zero-order chi connectivity index (χ0) is 10.1. The lowest BCUT2D eigenvalue weighted by Gasteiger charge is -2.02. The van der Waals surface area contributed by atoms with Crippen molar-refractivity contribution in [3.05, 3.63) is 12.4 Å². The molecule has 0 aliphatic heterocycles. The zero-order valence-corrected chi connectivity index (χ0v) is 8.45. The number of nitrogens with two attached hydrogens (primary N) is 1. The number of nitrogens with zero attached hydrogens (tertiary/aromatic N) is 2. The molecular formula is C7H13N3O2S. The molecule has 0 saturated carbocycles. The molecule has 0 radical (unpaired) electrons. The molecule has 0 aliphatic carbocycles. The summed E-state index contributed by atoms with van der Waals surface area (Å²) in [4.78, 5) is 0.0631. The summed E-state index contributed by atoms with van der Waals surface area (Å²) >= 11 is 0. The summed E-state index contributed by atoms with van der Waals surface area (Å²) in [5.74, 6) is 0.424. The molecule has 1 aromatic rings. The van der Waals surface area contributed by atoms with Crippen molar-refractivity contribution in [3.8, 4) is 0 Å². The van der Waals surface area contributed by atoms with Gasteiger partial charge in [0, 0.05) is 12.7 Å². The maximum atomic E-state index is 10.9. The smallest absolute Gasteiger partial charge is 0.241 e. The van der Waals surface area contributed by atoms with E-state index in [4.69, 9.17) is 5.14 Å². The molecule has 0 spiro atoms. The standard InChI is InChI=1S/C7H13N3O2S/c1-6(2)4-10-5-7(3-9-10)13(8,11)12/h3,5-6H,4H2,1-2H3,(H2,8,11,12). The second-order valence-corrected chi connectivity index (χ2v) is 4.90. The third-order valence-electron chi connectivity index (χ3n) is 1.49. The summed E-state index contributed by atoms with van der Waals surface area (Å²) in [6.45, 7) is 4.74. The van der Waals surface area contributed by atoms with Gasteiger partial charge in [-0.3, -0.25) is 4.68 Å². The third-order valence-corrected chi connectivity index (χ3v) is 2.36. The van der Waals surface area contributed by atoms with Crippen molar-refractivity contribution in [3.63, 3.8) is 0 Å². The van der Waals surface area contributed by atoms with Crippen LogP contribution < -0.4 is 5.14 Å². The van der Waals surface area contributed by atoms with Crippen LogP contribution in [0, 0.1) is 5.92 Å². The number of aromatic nitrogens is 2. The third kappa shape index (κ3) is 2.82. The Morgan fingerprint density at radius 3 is 2.62 bits per heavy atom. The van der Waals surface area contributed by atoms with Crippen LogP contribution >= 0.6 is 0 Å². The molecule has 2 N–H and O–H groups in total. The quantitative estimate of drug-likeness (QED) is 0.761. The Morgan fingerprint density at radius 1 is 1.62 bits per heavy atom. The molecule has 0 saturated heterocycles. The van der Waals surface area contributed by atoms with Gasteiger partial charge in [-0.25, -0.2) is 13.6 Å². The summed E-state index contributed by atoms with van der Waals surface area (Å²) < 4.78 is 23.3. The summed E-state index contributed by atoms with van der Waals surface area (Å²) in [6, 6.07) is 0. The van der Waals surface area contributed by atoms with E-state index >= 15 is 0 Å². The molecule has 13 heavy (non-hydrogen) atoms. The van der Waals surface area contributed by atoms with Crippen LogP contribution in [0.5, 0.6) is 0 Å². The van der Waals surface area contributed by atoms with Gasteiger partial charge in [0.1, 0.15) is 4.90 Å². The highest BCUT2D eigenvalue weighted by atomic mass is 32.2. The van der Waals surface area contributed by atoms with E-state index in [9.17, 15) is 8.42 Å². The summed E-state index contributed by atoms with van der Waals surface area (Å²) in [5.41, 5.74) is 0. The molecule has 1 aromatic heterocycles. The van der Waals surface area contributed by atoms with Crippen LogP contribution in [0.25, 0.3) is 0 Å². The Balaban J connectivity index is 2.88. The van der Waals surface area contributed by atoms with Gasteiger partial charge in [-0.15, -0.1) is 0 Å². The lowest BCUT2D eigenvalue weighted by molar-refractivity contribution is 0.482. The number of sulfonamides is 1. The first kappa shape index (κ1) is 10.2. The first-order valence-electron chi connectivity index (χ1n) is 3.95. The van der Waals surface area contributed by atoms with Crippen molar-refractivity contribution in [1.82, 2.24) is 9.78 Å². The van der Waals surface area contributed by atoms with Crippen LogP contribution in [-0.4, -0.2) is 18.2 Å². The summed E-state index contributed by atoms with van der Waals surface area (Å²) in [5, 5.41) is 8.80. The first-order valence-corrected chi connectivity index (χ1v) is 5.49. The van der Waals surface area contributed by atoms with E-state index in [0.717, 1.165) is 0 Å². The van der Waals surface area contributed by atoms with Crippen LogP contribution in [0.2, 0.25) is 0 Å². The maximum Gasteiger partial charge on any atom is 0.241 e. The van der Waals surface area contributed by atoms with Crippen molar-refractivity contribution in [2.24, 2.45) is 11.1 Å². The highest BCUT2D eigenvalue weighted by Crippen LogP contribution is 2.05. The van der Waals surface area contributed by atoms with Gasteiger partial charge >= 0.3 is 0 Å². The zero-order valence-electron chi connectivity index (χ0n) is 7.64. The predicted molar refractivity (Wildman–Crippen MR) is 48.4 cm³/mol. The van der Waals surface area contributed by atoms with E-state index in [1.165, 1.54) is 12.4 Å². The fourth-order valence-corrected chi connectivity index (χ4v) is 1.43. The van der Waals surface area contributed by atoms with Crippen molar-refractivity contribution in [2.45, 2.75) is 25.3 Å². The molecule has 1 heterocycles. The summed E-state index contributed by atoms with van der Waals surface area (Å²) in [6.07, 6.45) is 2.70. The van der Waals surface area contributed by atoms with E-state index in [1.807, 2.05) is 13.8 Å².